The van der Waals surface area contributed by atoms with Crippen LogP contribution < -0.4 is 0 Å². The summed E-state index contributed by atoms with van der Waals surface area (Å²) in [6.07, 6.45) is 16.0. The van der Waals surface area contributed by atoms with Gasteiger partial charge in [0.15, 0.2) is 0 Å². The Morgan fingerprint density at radius 1 is 1.00 bits per heavy atom. The number of hydrogen-bond donors (Lipinski definition) is 0. The van der Waals surface area contributed by atoms with E-state index in [2.05, 4.69) is 40.7 Å². The van der Waals surface area contributed by atoms with Gasteiger partial charge in [0.1, 0.15) is 12.5 Å². The van der Waals surface area contributed by atoms with Gasteiger partial charge in [-0.3, -0.25) is 9.59 Å². The van der Waals surface area contributed by atoms with Gasteiger partial charge in [0.2, 0.25) is 0 Å². The maximum atomic E-state index is 12.3. The third-order valence-electron chi connectivity index (χ3n) is 11.2. The number of hydrogen-bond acceptors (Lipinski definition) is 4. The average Bonchev–Trinajstić information content (AvgIpc) is 3.16. The molecule has 3 fully saturated rings. The minimum atomic E-state index is -0.489. The Kier molecular flexibility index (Phi) is 8.62. The Morgan fingerprint density at radius 3 is 2.50 bits per heavy atom. The Labute approximate surface area is 220 Å². The molecule has 204 valence electrons. The monoisotopic (exact) mass is 500 g/mol. The van der Waals surface area contributed by atoms with Gasteiger partial charge in [-0.15, -0.1) is 0 Å². The Balaban J connectivity index is 1.39. The van der Waals surface area contributed by atoms with Gasteiger partial charge in [0.25, 0.3) is 0 Å². The molecule has 4 rings (SSSR count). The highest BCUT2D eigenvalue weighted by Crippen LogP contribution is 2.67. The molecule has 0 spiro atoms. The van der Waals surface area contributed by atoms with Crippen LogP contribution in [0.4, 0.5) is 0 Å². The van der Waals surface area contributed by atoms with Crippen molar-refractivity contribution in [1.29, 1.82) is 0 Å². The predicted molar refractivity (Wildman–Crippen MR) is 144 cm³/mol. The van der Waals surface area contributed by atoms with Gasteiger partial charge < -0.3 is 9.47 Å². The third-order valence-corrected chi connectivity index (χ3v) is 11.2. The van der Waals surface area contributed by atoms with E-state index in [1.54, 1.807) is 6.92 Å². The van der Waals surface area contributed by atoms with Crippen molar-refractivity contribution in [1.82, 2.24) is 0 Å². The van der Waals surface area contributed by atoms with Crippen molar-refractivity contribution in [2.45, 2.75) is 125 Å². The summed E-state index contributed by atoms with van der Waals surface area (Å²) in [5.74, 6) is 4.07. The molecule has 8 atom stereocenters. The zero-order valence-corrected chi connectivity index (χ0v) is 23.9. The highest BCUT2D eigenvalue weighted by atomic mass is 16.6. The molecule has 0 aromatic heterocycles. The first kappa shape index (κ1) is 27.7. The minimum Gasteiger partial charge on any atom is -0.466 e. The van der Waals surface area contributed by atoms with E-state index < -0.39 is 11.9 Å². The lowest BCUT2D eigenvalue weighted by Crippen LogP contribution is -2.51. The highest BCUT2D eigenvalue weighted by molar-refractivity contribution is 5.91. The second-order valence-corrected chi connectivity index (χ2v) is 13.6. The number of rotatable bonds is 9. The molecule has 0 N–H and O–H groups in total. The predicted octanol–water partition coefficient (Wildman–Crippen LogP) is 7.89. The fraction of sp³-hybridized carbons (Fsp3) is 0.875. The molecule has 4 aliphatic rings. The van der Waals surface area contributed by atoms with Crippen LogP contribution >= 0.6 is 0 Å². The first-order valence-corrected chi connectivity index (χ1v) is 15.1. The first-order valence-electron chi connectivity index (χ1n) is 15.1. The van der Waals surface area contributed by atoms with Crippen LogP contribution in [0.1, 0.15) is 119 Å². The van der Waals surface area contributed by atoms with Crippen molar-refractivity contribution in [3.63, 3.8) is 0 Å². The molecule has 4 aliphatic carbocycles. The third kappa shape index (κ3) is 5.44. The summed E-state index contributed by atoms with van der Waals surface area (Å²) in [4.78, 5) is 23.9. The van der Waals surface area contributed by atoms with Gasteiger partial charge in [-0.25, -0.2) is 0 Å². The summed E-state index contributed by atoms with van der Waals surface area (Å²) < 4.78 is 10.6. The lowest BCUT2D eigenvalue weighted by atomic mass is 9.47. The van der Waals surface area contributed by atoms with E-state index in [9.17, 15) is 9.59 Å². The standard InChI is InChI=1S/C32H52O4/c1-7-35-29(33)20-30(34)36-24-15-17-31(5)23(19-24)11-12-25-27-14-13-26(22(4)10-8-9-21(2)3)32(27,6)18-16-28(25)31/h11,21-22,24-28H,7-10,12-20H2,1-6H3/t22-,24+,25+,26?,27?,28?,31+,32-/m1/s1. The van der Waals surface area contributed by atoms with Crippen molar-refractivity contribution in [3.05, 3.63) is 11.6 Å². The number of ether oxygens (including phenoxy) is 2. The largest absolute Gasteiger partial charge is 0.466 e. The summed E-state index contributed by atoms with van der Waals surface area (Å²) in [5.41, 5.74) is 2.28. The second kappa shape index (κ2) is 11.2. The van der Waals surface area contributed by atoms with E-state index in [0.717, 1.165) is 54.8 Å². The van der Waals surface area contributed by atoms with Gasteiger partial charge >= 0.3 is 11.9 Å². The van der Waals surface area contributed by atoms with Gasteiger partial charge in [0.05, 0.1) is 6.61 Å². The summed E-state index contributed by atoms with van der Waals surface area (Å²) in [7, 11) is 0. The SMILES string of the molecule is CCOC(=O)CC(=O)O[C@H]1CC[C@@]2(C)C(=CC[C@H]3C4CCC([C@H](C)CCCC(C)C)[C@@]4(C)CCC32)C1. The molecule has 0 heterocycles. The lowest BCUT2D eigenvalue weighted by molar-refractivity contribution is -0.159. The summed E-state index contributed by atoms with van der Waals surface area (Å²) in [6.45, 7) is 14.5. The molecule has 0 aromatic rings. The van der Waals surface area contributed by atoms with E-state index in [1.807, 2.05) is 0 Å². The average molecular weight is 501 g/mol. The van der Waals surface area contributed by atoms with Gasteiger partial charge in [-0.2, -0.15) is 0 Å². The molecule has 0 radical (unpaired) electrons. The van der Waals surface area contributed by atoms with Gasteiger partial charge in [-0.1, -0.05) is 65.5 Å². The number of fused-ring (bicyclic) bond motifs is 5. The molecular weight excluding hydrogens is 448 g/mol. The molecule has 36 heavy (non-hydrogen) atoms. The van der Waals surface area contributed by atoms with Crippen LogP contribution in [0, 0.1) is 46.3 Å². The van der Waals surface area contributed by atoms with E-state index in [-0.39, 0.29) is 17.9 Å². The molecule has 0 aliphatic heterocycles. The second-order valence-electron chi connectivity index (χ2n) is 13.6. The fourth-order valence-corrected chi connectivity index (χ4v) is 9.31. The normalized spacial score (nSPS) is 38.4. The lowest BCUT2D eigenvalue weighted by Gasteiger charge is -2.58. The maximum absolute atomic E-state index is 12.3. The molecule has 0 amide bonds. The van der Waals surface area contributed by atoms with Crippen molar-refractivity contribution >= 4 is 11.9 Å². The van der Waals surface area contributed by atoms with Crippen LogP contribution in [0.15, 0.2) is 11.6 Å². The molecule has 0 bridgehead atoms. The van der Waals surface area contributed by atoms with E-state index in [0.29, 0.717) is 12.0 Å². The van der Waals surface area contributed by atoms with Crippen LogP contribution in [0.2, 0.25) is 0 Å². The van der Waals surface area contributed by atoms with Gasteiger partial charge in [-0.05, 0) is 98.2 Å². The molecule has 0 saturated heterocycles. The minimum absolute atomic E-state index is 0.0980. The Bertz CT molecular complexity index is 830. The first-order chi connectivity index (χ1) is 17.1. The van der Waals surface area contributed by atoms with Crippen LogP contribution in [-0.4, -0.2) is 24.6 Å². The van der Waals surface area contributed by atoms with Gasteiger partial charge in [0, 0.05) is 6.42 Å². The fourth-order valence-electron chi connectivity index (χ4n) is 9.31. The van der Waals surface area contributed by atoms with E-state index >= 15 is 0 Å². The topological polar surface area (TPSA) is 52.6 Å². The number of carbonyl (C=O) groups is 2. The summed E-state index contributed by atoms with van der Waals surface area (Å²) in [6, 6.07) is 0. The number of carbonyl (C=O) groups excluding carboxylic acids is 2. The Morgan fingerprint density at radius 2 is 1.78 bits per heavy atom. The van der Waals surface area contributed by atoms with Crippen LogP contribution in [-0.2, 0) is 19.1 Å². The van der Waals surface area contributed by atoms with Crippen LogP contribution in [0.5, 0.6) is 0 Å². The Hall–Kier alpha value is -1.32. The number of allylic oxidation sites excluding steroid dienone is 1. The van der Waals surface area contributed by atoms with Crippen molar-refractivity contribution in [2.24, 2.45) is 46.3 Å². The quantitative estimate of drug-likeness (QED) is 0.183. The molecule has 0 aromatic carbocycles. The zero-order chi connectivity index (χ0) is 26.1. The molecular formula is C32H52O4. The summed E-state index contributed by atoms with van der Waals surface area (Å²) in [5, 5.41) is 0. The number of esters is 2. The maximum Gasteiger partial charge on any atom is 0.317 e. The molecule has 3 saturated carbocycles. The van der Waals surface area contributed by atoms with Crippen molar-refractivity contribution in [3.8, 4) is 0 Å². The smallest absolute Gasteiger partial charge is 0.317 e. The molecule has 4 heteroatoms. The van der Waals surface area contributed by atoms with Crippen molar-refractivity contribution in [2.75, 3.05) is 6.61 Å². The summed E-state index contributed by atoms with van der Waals surface area (Å²) >= 11 is 0. The van der Waals surface area contributed by atoms with E-state index in [4.69, 9.17) is 9.47 Å². The zero-order valence-electron chi connectivity index (χ0n) is 23.9. The van der Waals surface area contributed by atoms with Crippen LogP contribution in [0.25, 0.3) is 0 Å². The van der Waals surface area contributed by atoms with E-state index in [1.165, 1.54) is 56.9 Å². The molecule has 3 unspecified atom stereocenters. The van der Waals surface area contributed by atoms with Crippen molar-refractivity contribution < 1.29 is 19.1 Å². The highest BCUT2D eigenvalue weighted by Gasteiger charge is 2.59. The van der Waals surface area contributed by atoms with Crippen LogP contribution in [0.3, 0.4) is 0 Å². The molecule has 4 nitrogen and oxygen atoms in total.